The SMILES string of the molecule is COc1cc(NC(=O)C(=O)N2CCOCC2)c(OC)cc1Cl. The first-order valence-electron chi connectivity index (χ1n) is 6.66. The number of rotatable bonds is 3. The maximum atomic E-state index is 12.1. The molecule has 0 atom stereocenters. The lowest BCUT2D eigenvalue weighted by Crippen LogP contribution is -2.45. The highest BCUT2D eigenvalue weighted by Crippen LogP contribution is 2.35. The van der Waals surface area contributed by atoms with Crippen molar-refractivity contribution in [2.75, 3.05) is 45.8 Å². The van der Waals surface area contributed by atoms with E-state index >= 15 is 0 Å². The molecule has 1 aliphatic heterocycles. The fourth-order valence-corrected chi connectivity index (χ4v) is 2.27. The van der Waals surface area contributed by atoms with Gasteiger partial charge in [0, 0.05) is 25.2 Å². The summed E-state index contributed by atoms with van der Waals surface area (Å²) in [6.45, 7) is 1.65. The summed E-state index contributed by atoms with van der Waals surface area (Å²) in [6.07, 6.45) is 0. The number of morpholine rings is 1. The Kier molecular flexibility index (Phi) is 5.46. The van der Waals surface area contributed by atoms with Gasteiger partial charge in [0.25, 0.3) is 0 Å². The molecule has 0 radical (unpaired) electrons. The van der Waals surface area contributed by atoms with Crippen LogP contribution in [0.25, 0.3) is 0 Å². The Balaban J connectivity index is 2.14. The van der Waals surface area contributed by atoms with Gasteiger partial charge < -0.3 is 24.4 Å². The maximum absolute atomic E-state index is 12.1. The zero-order valence-corrected chi connectivity index (χ0v) is 13.1. The van der Waals surface area contributed by atoms with Gasteiger partial charge in [-0.2, -0.15) is 0 Å². The summed E-state index contributed by atoms with van der Waals surface area (Å²) in [5, 5.41) is 2.87. The van der Waals surface area contributed by atoms with Crippen molar-refractivity contribution in [3.63, 3.8) is 0 Å². The van der Waals surface area contributed by atoms with Crippen molar-refractivity contribution in [3.8, 4) is 11.5 Å². The van der Waals surface area contributed by atoms with Gasteiger partial charge in [-0.1, -0.05) is 11.6 Å². The number of benzene rings is 1. The molecule has 0 saturated carbocycles. The quantitative estimate of drug-likeness (QED) is 0.842. The van der Waals surface area contributed by atoms with Crippen molar-refractivity contribution in [1.29, 1.82) is 0 Å². The van der Waals surface area contributed by atoms with Gasteiger partial charge in [0.15, 0.2) is 0 Å². The van der Waals surface area contributed by atoms with Crippen molar-refractivity contribution < 1.29 is 23.8 Å². The molecule has 22 heavy (non-hydrogen) atoms. The first-order valence-corrected chi connectivity index (χ1v) is 7.04. The second kappa shape index (κ2) is 7.33. The Morgan fingerprint density at radius 1 is 1.18 bits per heavy atom. The number of carbonyl (C=O) groups is 2. The topological polar surface area (TPSA) is 77.1 Å². The second-order valence-corrected chi connectivity index (χ2v) is 4.95. The van der Waals surface area contributed by atoms with Crippen LogP contribution in [0.3, 0.4) is 0 Å². The standard InChI is InChI=1S/C14H17ClN2O5/c1-20-11-8-10(12(21-2)7-9(11)15)16-13(18)14(19)17-3-5-22-6-4-17/h7-8H,3-6H2,1-2H3,(H,16,18). The van der Waals surface area contributed by atoms with Gasteiger partial charge in [-0.15, -0.1) is 0 Å². The van der Waals surface area contributed by atoms with Crippen LogP contribution in [0.2, 0.25) is 5.02 Å². The lowest BCUT2D eigenvalue weighted by molar-refractivity contribution is -0.145. The molecule has 2 amide bonds. The molecule has 2 rings (SSSR count). The van der Waals surface area contributed by atoms with E-state index in [2.05, 4.69) is 5.32 Å². The summed E-state index contributed by atoms with van der Waals surface area (Å²) in [6, 6.07) is 3.01. The Labute approximate surface area is 133 Å². The van der Waals surface area contributed by atoms with E-state index in [1.54, 1.807) is 0 Å². The maximum Gasteiger partial charge on any atom is 0.314 e. The predicted molar refractivity (Wildman–Crippen MR) is 80.6 cm³/mol. The van der Waals surface area contributed by atoms with Crippen LogP contribution in [0.4, 0.5) is 5.69 Å². The zero-order chi connectivity index (χ0) is 16.1. The number of hydrogen-bond donors (Lipinski definition) is 1. The van der Waals surface area contributed by atoms with E-state index in [0.29, 0.717) is 48.5 Å². The van der Waals surface area contributed by atoms with Crippen LogP contribution in [-0.4, -0.2) is 57.2 Å². The third-order valence-corrected chi connectivity index (χ3v) is 3.51. The van der Waals surface area contributed by atoms with E-state index < -0.39 is 11.8 Å². The molecule has 1 aromatic rings. The summed E-state index contributed by atoms with van der Waals surface area (Å²) >= 11 is 5.99. The van der Waals surface area contributed by atoms with Gasteiger partial charge in [-0.05, 0) is 0 Å². The lowest BCUT2D eigenvalue weighted by atomic mass is 10.2. The average Bonchev–Trinajstić information content (AvgIpc) is 2.55. The molecule has 1 aromatic carbocycles. The molecule has 1 N–H and O–H groups in total. The lowest BCUT2D eigenvalue weighted by Gasteiger charge is -2.26. The highest BCUT2D eigenvalue weighted by Gasteiger charge is 2.25. The number of amides is 2. The van der Waals surface area contributed by atoms with Crippen molar-refractivity contribution in [3.05, 3.63) is 17.2 Å². The van der Waals surface area contributed by atoms with E-state index in [0.717, 1.165) is 0 Å². The van der Waals surface area contributed by atoms with Gasteiger partial charge >= 0.3 is 11.8 Å². The molecule has 0 spiro atoms. The van der Waals surface area contributed by atoms with Gasteiger partial charge in [0.1, 0.15) is 11.5 Å². The molecule has 0 aliphatic carbocycles. The molecule has 1 fully saturated rings. The Morgan fingerprint density at radius 3 is 2.41 bits per heavy atom. The zero-order valence-electron chi connectivity index (χ0n) is 12.3. The number of anilines is 1. The number of halogens is 1. The first kappa shape index (κ1) is 16.4. The van der Waals surface area contributed by atoms with Crippen molar-refractivity contribution in [2.24, 2.45) is 0 Å². The Morgan fingerprint density at radius 2 is 1.82 bits per heavy atom. The Bertz CT molecular complexity index is 573. The third kappa shape index (κ3) is 3.61. The van der Waals surface area contributed by atoms with Gasteiger partial charge in [0.2, 0.25) is 0 Å². The molecule has 8 heteroatoms. The molecule has 1 saturated heterocycles. The summed E-state index contributed by atoms with van der Waals surface area (Å²) in [5.74, 6) is -0.644. The smallest absolute Gasteiger partial charge is 0.314 e. The summed E-state index contributed by atoms with van der Waals surface area (Å²) in [5.41, 5.74) is 0.315. The summed E-state index contributed by atoms with van der Waals surface area (Å²) in [4.78, 5) is 25.6. The summed E-state index contributed by atoms with van der Waals surface area (Å²) in [7, 11) is 2.90. The third-order valence-electron chi connectivity index (χ3n) is 3.21. The van der Waals surface area contributed by atoms with Crippen LogP contribution in [0.5, 0.6) is 11.5 Å². The molecule has 1 aliphatic rings. The molecule has 120 valence electrons. The monoisotopic (exact) mass is 328 g/mol. The van der Waals surface area contributed by atoms with E-state index in [1.165, 1.54) is 31.3 Å². The molecule has 1 heterocycles. The second-order valence-electron chi connectivity index (χ2n) is 4.55. The minimum absolute atomic E-state index is 0.315. The van der Waals surface area contributed by atoms with Crippen LogP contribution in [0.15, 0.2) is 12.1 Å². The van der Waals surface area contributed by atoms with E-state index in [-0.39, 0.29) is 0 Å². The Hall–Kier alpha value is -1.99. The fourth-order valence-electron chi connectivity index (χ4n) is 2.04. The number of carbonyl (C=O) groups excluding carboxylic acids is 2. The number of nitrogens with one attached hydrogen (secondary N) is 1. The highest BCUT2D eigenvalue weighted by atomic mass is 35.5. The normalized spacial score (nSPS) is 14.4. The van der Waals surface area contributed by atoms with E-state index in [9.17, 15) is 9.59 Å². The van der Waals surface area contributed by atoms with E-state index in [1.807, 2.05) is 0 Å². The van der Waals surface area contributed by atoms with Crippen molar-refractivity contribution >= 4 is 29.1 Å². The van der Waals surface area contributed by atoms with Crippen LogP contribution in [-0.2, 0) is 14.3 Å². The minimum atomic E-state index is -0.746. The first-order chi connectivity index (χ1) is 10.6. The van der Waals surface area contributed by atoms with Gasteiger partial charge in [0.05, 0.1) is 38.1 Å². The van der Waals surface area contributed by atoms with Gasteiger partial charge in [-0.3, -0.25) is 9.59 Å². The molecule has 0 unspecified atom stereocenters. The van der Waals surface area contributed by atoms with Crippen LogP contribution < -0.4 is 14.8 Å². The van der Waals surface area contributed by atoms with Crippen LogP contribution >= 0.6 is 11.6 Å². The predicted octanol–water partition coefficient (Wildman–Crippen LogP) is 1.15. The van der Waals surface area contributed by atoms with Crippen molar-refractivity contribution in [2.45, 2.75) is 0 Å². The summed E-state index contributed by atoms with van der Waals surface area (Å²) < 4.78 is 15.4. The number of hydrogen-bond acceptors (Lipinski definition) is 5. The molecular formula is C14H17ClN2O5. The molecule has 0 bridgehead atoms. The van der Waals surface area contributed by atoms with E-state index in [4.69, 9.17) is 25.8 Å². The largest absolute Gasteiger partial charge is 0.495 e. The fraction of sp³-hybridized carbons (Fsp3) is 0.429. The molecular weight excluding hydrogens is 312 g/mol. The van der Waals surface area contributed by atoms with Crippen LogP contribution in [0, 0.1) is 0 Å². The minimum Gasteiger partial charge on any atom is -0.495 e. The molecule has 7 nitrogen and oxygen atoms in total. The number of methoxy groups -OCH3 is 2. The van der Waals surface area contributed by atoms with Crippen LogP contribution in [0.1, 0.15) is 0 Å². The van der Waals surface area contributed by atoms with Crippen molar-refractivity contribution in [1.82, 2.24) is 4.90 Å². The number of ether oxygens (including phenoxy) is 3. The average molecular weight is 329 g/mol. The van der Waals surface area contributed by atoms with Gasteiger partial charge in [-0.25, -0.2) is 0 Å². The number of nitrogens with zero attached hydrogens (tertiary/aromatic N) is 1. The highest BCUT2D eigenvalue weighted by molar-refractivity contribution is 6.40. The molecule has 0 aromatic heterocycles.